The average Bonchev–Trinajstić information content (AvgIpc) is 2.54. The van der Waals surface area contributed by atoms with Gasteiger partial charge < -0.3 is 0 Å². The Morgan fingerprint density at radius 1 is 1.33 bits per heavy atom. The molecule has 1 unspecified atom stereocenters. The van der Waals surface area contributed by atoms with Gasteiger partial charge in [-0.1, -0.05) is 56.5 Å². The Morgan fingerprint density at radius 3 is 2.73 bits per heavy atom. The van der Waals surface area contributed by atoms with Gasteiger partial charge in [-0.3, -0.25) is 0 Å². The lowest BCUT2D eigenvalue weighted by molar-refractivity contribution is 0.798. The van der Waals surface area contributed by atoms with Gasteiger partial charge in [0.05, 0.1) is 0 Å². The van der Waals surface area contributed by atoms with E-state index in [0.29, 0.717) is 5.92 Å². The lowest BCUT2D eigenvalue weighted by atomic mass is 9.94. The molecule has 0 N–H and O–H groups in total. The number of rotatable bonds is 2. The first-order valence-electron chi connectivity index (χ1n) is 5.40. The first-order valence-corrected chi connectivity index (χ1v) is 5.40. The van der Waals surface area contributed by atoms with Crippen LogP contribution in [0.4, 0.5) is 0 Å². The zero-order valence-electron chi connectivity index (χ0n) is 9.16. The summed E-state index contributed by atoms with van der Waals surface area (Å²) in [7, 11) is 0. The van der Waals surface area contributed by atoms with Crippen molar-refractivity contribution in [3.8, 4) is 0 Å². The van der Waals surface area contributed by atoms with E-state index in [9.17, 15) is 0 Å². The minimum absolute atomic E-state index is 0.506. The smallest absolute Gasteiger partial charge is 0.00988 e. The van der Waals surface area contributed by atoms with Crippen molar-refractivity contribution in [3.05, 3.63) is 66.3 Å². The molecule has 0 saturated heterocycles. The average molecular weight is 196 g/mol. The Morgan fingerprint density at radius 2 is 2.07 bits per heavy atom. The maximum atomic E-state index is 4.18. The maximum absolute atomic E-state index is 4.18. The Bertz CT molecular complexity index is 435. The van der Waals surface area contributed by atoms with Crippen molar-refractivity contribution in [1.82, 2.24) is 0 Å². The molecule has 0 heteroatoms. The molecule has 1 aromatic carbocycles. The molecular formula is C15H16. The molecule has 0 aromatic heterocycles. The van der Waals surface area contributed by atoms with Gasteiger partial charge in [0, 0.05) is 5.92 Å². The van der Waals surface area contributed by atoms with Crippen LogP contribution in [0.2, 0.25) is 0 Å². The van der Waals surface area contributed by atoms with Crippen LogP contribution in [-0.2, 0) is 0 Å². The van der Waals surface area contributed by atoms with E-state index in [0.717, 1.165) is 12.0 Å². The summed E-state index contributed by atoms with van der Waals surface area (Å²) in [5.41, 5.74) is 5.21. The van der Waals surface area contributed by atoms with E-state index in [4.69, 9.17) is 0 Å². The fraction of sp³-hybridized carbons (Fsp3) is 0.200. The lowest BCUT2D eigenvalue weighted by Gasteiger charge is -2.09. The molecule has 15 heavy (non-hydrogen) atoms. The van der Waals surface area contributed by atoms with Crippen molar-refractivity contribution in [1.29, 1.82) is 0 Å². The lowest BCUT2D eigenvalue weighted by Crippen LogP contribution is -1.93. The van der Waals surface area contributed by atoms with Gasteiger partial charge in [-0.2, -0.15) is 0 Å². The van der Waals surface area contributed by atoms with Crippen LogP contribution in [0.5, 0.6) is 0 Å². The molecule has 1 atom stereocenters. The normalized spacial score (nSPS) is 21.8. The quantitative estimate of drug-likeness (QED) is 0.660. The molecule has 0 heterocycles. The first kappa shape index (κ1) is 9.97. The Hall–Kier alpha value is -1.56. The third kappa shape index (κ3) is 1.46. The minimum Gasteiger partial charge on any atom is -0.0991 e. The summed E-state index contributed by atoms with van der Waals surface area (Å²) >= 11 is 0. The summed E-state index contributed by atoms with van der Waals surface area (Å²) in [6.07, 6.45) is 5.07. The van der Waals surface area contributed by atoms with E-state index < -0.39 is 0 Å². The molecule has 0 aliphatic heterocycles. The van der Waals surface area contributed by atoms with Gasteiger partial charge in [0.2, 0.25) is 0 Å². The molecule has 0 saturated carbocycles. The van der Waals surface area contributed by atoms with Crippen molar-refractivity contribution in [2.75, 3.05) is 0 Å². The minimum atomic E-state index is 0.506. The van der Waals surface area contributed by atoms with E-state index in [1.807, 2.05) is 6.08 Å². The first-order chi connectivity index (χ1) is 7.29. The summed E-state index contributed by atoms with van der Waals surface area (Å²) in [6, 6.07) is 8.54. The van der Waals surface area contributed by atoms with Crippen LogP contribution >= 0.6 is 0 Å². The third-order valence-corrected chi connectivity index (χ3v) is 3.09. The highest BCUT2D eigenvalue weighted by Gasteiger charge is 2.27. The molecule has 0 amide bonds. The van der Waals surface area contributed by atoms with Gasteiger partial charge >= 0.3 is 0 Å². The molecule has 0 bridgehead atoms. The SMILES string of the molecule is C=C/C=C1\C(=C)c2ccccc2C1CC. The van der Waals surface area contributed by atoms with Crippen LogP contribution in [0.3, 0.4) is 0 Å². The third-order valence-electron chi connectivity index (χ3n) is 3.09. The molecule has 76 valence electrons. The number of benzene rings is 1. The fourth-order valence-corrected chi connectivity index (χ4v) is 2.39. The zero-order chi connectivity index (χ0) is 10.8. The Kier molecular flexibility index (Phi) is 2.59. The highest BCUT2D eigenvalue weighted by molar-refractivity contribution is 5.86. The number of allylic oxidation sites excluding steroid dienone is 4. The van der Waals surface area contributed by atoms with Gasteiger partial charge in [-0.05, 0) is 28.7 Å². The summed E-state index contributed by atoms with van der Waals surface area (Å²) in [6.45, 7) is 10.2. The van der Waals surface area contributed by atoms with Crippen LogP contribution in [0.1, 0.15) is 30.4 Å². The van der Waals surface area contributed by atoms with Crippen LogP contribution in [-0.4, -0.2) is 0 Å². The molecule has 1 aliphatic rings. The fourth-order valence-electron chi connectivity index (χ4n) is 2.39. The van der Waals surface area contributed by atoms with Gasteiger partial charge in [-0.25, -0.2) is 0 Å². The number of hydrogen-bond acceptors (Lipinski definition) is 0. The molecule has 0 nitrogen and oxygen atoms in total. The Balaban J connectivity index is 2.58. The van der Waals surface area contributed by atoms with Crippen molar-refractivity contribution < 1.29 is 0 Å². The van der Waals surface area contributed by atoms with Gasteiger partial charge in [0.1, 0.15) is 0 Å². The summed E-state index contributed by atoms with van der Waals surface area (Å²) in [5.74, 6) is 0.506. The second kappa shape index (κ2) is 3.90. The highest BCUT2D eigenvalue weighted by Crippen LogP contribution is 2.45. The monoisotopic (exact) mass is 196 g/mol. The van der Waals surface area contributed by atoms with E-state index in [2.05, 4.69) is 50.4 Å². The predicted molar refractivity (Wildman–Crippen MR) is 66.8 cm³/mol. The number of hydrogen-bond donors (Lipinski definition) is 0. The molecule has 0 fully saturated rings. The van der Waals surface area contributed by atoms with Crippen molar-refractivity contribution >= 4 is 5.57 Å². The van der Waals surface area contributed by atoms with Crippen LogP contribution in [0.25, 0.3) is 5.57 Å². The highest BCUT2D eigenvalue weighted by atomic mass is 14.3. The second-order valence-electron chi connectivity index (χ2n) is 3.88. The van der Waals surface area contributed by atoms with E-state index in [-0.39, 0.29) is 0 Å². The van der Waals surface area contributed by atoms with Crippen LogP contribution < -0.4 is 0 Å². The number of fused-ring (bicyclic) bond motifs is 1. The van der Waals surface area contributed by atoms with Crippen molar-refractivity contribution in [2.45, 2.75) is 19.3 Å². The molecular weight excluding hydrogens is 180 g/mol. The van der Waals surface area contributed by atoms with E-state index >= 15 is 0 Å². The van der Waals surface area contributed by atoms with E-state index in [1.54, 1.807) is 0 Å². The molecule has 1 aliphatic carbocycles. The molecule has 1 aromatic rings. The van der Waals surface area contributed by atoms with Gasteiger partial charge in [0.15, 0.2) is 0 Å². The van der Waals surface area contributed by atoms with Crippen LogP contribution in [0.15, 0.2) is 55.1 Å². The van der Waals surface area contributed by atoms with Gasteiger partial charge in [-0.15, -0.1) is 0 Å². The largest absolute Gasteiger partial charge is 0.0991 e. The predicted octanol–water partition coefficient (Wildman–Crippen LogP) is 4.32. The molecule has 2 rings (SSSR count). The van der Waals surface area contributed by atoms with Gasteiger partial charge in [0.25, 0.3) is 0 Å². The molecule has 0 spiro atoms. The summed E-state index contributed by atoms with van der Waals surface area (Å²) in [4.78, 5) is 0. The van der Waals surface area contributed by atoms with Crippen molar-refractivity contribution in [2.24, 2.45) is 0 Å². The Labute approximate surface area is 91.6 Å². The molecule has 0 radical (unpaired) electrons. The topological polar surface area (TPSA) is 0 Å². The summed E-state index contributed by atoms with van der Waals surface area (Å²) in [5, 5.41) is 0. The second-order valence-corrected chi connectivity index (χ2v) is 3.88. The van der Waals surface area contributed by atoms with Crippen molar-refractivity contribution in [3.63, 3.8) is 0 Å². The summed E-state index contributed by atoms with van der Waals surface area (Å²) < 4.78 is 0. The van der Waals surface area contributed by atoms with Crippen LogP contribution in [0, 0.1) is 0 Å². The maximum Gasteiger partial charge on any atom is 0.00988 e. The van der Waals surface area contributed by atoms with E-state index in [1.165, 1.54) is 16.7 Å². The zero-order valence-corrected chi connectivity index (χ0v) is 9.16. The standard InChI is InChI=1S/C15H16/c1-4-8-13-11(3)14-9-6-7-10-15(14)12(13)5-2/h4,6-10,12H,1,3,5H2,2H3/b13-8+.